The molecule has 2 aromatic rings. The maximum atomic E-state index is 13.3. The molecular weight excluding hydrogens is 410 g/mol. The van der Waals surface area contributed by atoms with Gasteiger partial charge >= 0.3 is 13.6 Å². The van der Waals surface area contributed by atoms with Gasteiger partial charge in [0, 0.05) is 5.69 Å². The molecule has 6 nitrogen and oxygen atoms in total. The first kappa shape index (κ1) is 21.7. The molecule has 0 saturated heterocycles. The fraction of sp³-hybridized carbons (Fsp3) is 0.278. The monoisotopic (exact) mass is 430 g/mol. The maximum absolute atomic E-state index is 13.3. The van der Waals surface area contributed by atoms with E-state index in [0.29, 0.717) is 21.3 Å². The van der Waals surface area contributed by atoms with E-state index in [1.165, 1.54) is 6.07 Å². The third-order valence-corrected chi connectivity index (χ3v) is 6.53. The number of carbonyl (C=O) groups excluding carboxylic acids is 1. The van der Waals surface area contributed by atoms with Crippen molar-refractivity contribution < 1.29 is 18.4 Å². The molecule has 27 heavy (non-hydrogen) atoms. The first-order valence-corrected chi connectivity index (χ1v) is 10.7. The van der Waals surface area contributed by atoms with Crippen LogP contribution in [0, 0.1) is 0 Å². The number of hydrogen-bond donors (Lipinski definition) is 2. The van der Waals surface area contributed by atoms with Crippen LogP contribution in [0.2, 0.25) is 10.0 Å². The number of anilines is 1. The van der Waals surface area contributed by atoms with E-state index in [1.54, 1.807) is 50.2 Å². The molecule has 0 aliphatic rings. The average molecular weight is 431 g/mol. The average Bonchev–Trinajstić information content (AvgIpc) is 2.64. The highest BCUT2D eigenvalue weighted by molar-refractivity contribution is 7.54. The molecule has 0 fully saturated rings. The van der Waals surface area contributed by atoms with Crippen LogP contribution in [0.4, 0.5) is 10.5 Å². The third-order valence-electron chi connectivity index (χ3n) is 3.49. The molecule has 1 atom stereocenters. The molecule has 0 aliphatic carbocycles. The maximum Gasteiger partial charge on any atom is 0.357 e. The molecule has 0 radical (unpaired) electrons. The number of rotatable bonds is 8. The molecule has 2 N–H and O–H groups in total. The Morgan fingerprint density at radius 3 is 2.22 bits per heavy atom. The summed E-state index contributed by atoms with van der Waals surface area (Å²) >= 11 is 11.8. The van der Waals surface area contributed by atoms with Crippen LogP contribution in [-0.2, 0) is 13.6 Å². The Kier molecular flexibility index (Phi) is 8.14. The number of benzene rings is 2. The van der Waals surface area contributed by atoms with E-state index in [9.17, 15) is 9.36 Å². The van der Waals surface area contributed by atoms with Crippen molar-refractivity contribution in [3.63, 3.8) is 0 Å². The summed E-state index contributed by atoms with van der Waals surface area (Å²) in [6, 6.07) is 13.0. The first-order chi connectivity index (χ1) is 12.9. The van der Waals surface area contributed by atoms with Crippen LogP contribution < -0.4 is 10.6 Å². The molecule has 0 spiro atoms. The molecule has 9 heteroatoms. The van der Waals surface area contributed by atoms with Crippen molar-refractivity contribution in [2.75, 3.05) is 18.5 Å². The van der Waals surface area contributed by atoms with Crippen molar-refractivity contribution in [3.05, 3.63) is 64.1 Å². The molecule has 2 amide bonds. The van der Waals surface area contributed by atoms with E-state index in [0.717, 1.165) is 0 Å². The minimum atomic E-state index is -3.65. The lowest BCUT2D eigenvalue weighted by Gasteiger charge is -2.27. The Labute approximate surface area is 168 Å². The van der Waals surface area contributed by atoms with E-state index in [1.807, 2.05) is 6.07 Å². The van der Waals surface area contributed by atoms with Gasteiger partial charge in [0.25, 0.3) is 0 Å². The summed E-state index contributed by atoms with van der Waals surface area (Å²) in [6.45, 7) is 3.78. The van der Waals surface area contributed by atoms with Gasteiger partial charge in [-0.2, -0.15) is 0 Å². The van der Waals surface area contributed by atoms with Gasteiger partial charge in [-0.3, -0.25) is 4.57 Å². The Morgan fingerprint density at radius 1 is 1.04 bits per heavy atom. The number of urea groups is 1. The second-order valence-corrected chi connectivity index (χ2v) is 8.34. The summed E-state index contributed by atoms with van der Waals surface area (Å²) in [5.41, 5.74) is 1.04. The molecule has 146 valence electrons. The van der Waals surface area contributed by atoms with E-state index in [2.05, 4.69) is 10.6 Å². The van der Waals surface area contributed by atoms with Crippen LogP contribution in [0.5, 0.6) is 0 Å². The van der Waals surface area contributed by atoms with Crippen LogP contribution in [-0.4, -0.2) is 19.2 Å². The lowest BCUT2D eigenvalue weighted by Crippen LogP contribution is -2.33. The number of carbonyl (C=O) groups is 1. The highest BCUT2D eigenvalue weighted by Gasteiger charge is 2.38. The summed E-state index contributed by atoms with van der Waals surface area (Å²) < 4.78 is 24.1. The topological polar surface area (TPSA) is 76.7 Å². The Bertz CT molecular complexity index is 810. The van der Waals surface area contributed by atoms with Gasteiger partial charge in [0.15, 0.2) is 5.78 Å². The predicted molar refractivity (Wildman–Crippen MR) is 109 cm³/mol. The smallest absolute Gasteiger partial charge is 0.320 e. The van der Waals surface area contributed by atoms with Crippen molar-refractivity contribution in [2.24, 2.45) is 0 Å². The van der Waals surface area contributed by atoms with Crippen molar-refractivity contribution in [3.8, 4) is 0 Å². The minimum Gasteiger partial charge on any atom is -0.320 e. The number of nitrogens with one attached hydrogen (secondary N) is 2. The fourth-order valence-corrected chi connectivity index (χ4v) is 4.59. The zero-order valence-corrected chi connectivity index (χ0v) is 17.4. The summed E-state index contributed by atoms with van der Waals surface area (Å²) in [5.74, 6) is -0.971. The van der Waals surface area contributed by atoms with Crippen LogP contribution in [0.25, 0.3) is 0 Å². The summed E-state index contributed by atoms with van der Waals surface area (Å²) in [5, 5.41) is 6.01. The fourth-order valence-electron chi connectivity index (χ4n) is 2.39. The number of hydrogen-bond acceptors (Lipinski definition) is 4. The molecule has 0 heterocycles. The summed E-state index contributed by atoms with van der Waals surface area (Å²) in [7, 11) is -3.65. The molecule has 0 saturated carbocycles. The van der Waals surface area contributed by atoms with Crippen LogP contribution in [0.1, 0.15) is 25.2 Å². The van der Waals surface area contributed by atoms with E-state index in [-0.39, 0.29) is 13.2 Å². The highest BCUT2D eigenvalue weighted by Crippen LogP contribution is 2.59. The van der Waals surface area contributed by atoms with Crippen LogP contribution >= 0.6 is 30.8 Å². The molecule has 2 rings (SSSR count). The highest BCUT2D eigenvalue weighted by atomic mass is 35.5. The standard InChI is InChI=1S/C18H21Cl2N2O4P/c1-3-25-27(24,26-4-2)17(13-8-6-5-7-9-13)22-18(23)21-14-10-11-15(19)16(20)12-14/h5-12,17H,3-4H2,1-2H3,(H2,21,22,23)/t17-/m0/s1. The number of halogens is 2. The van der Waals surface area contributed by atoms with Gasteiger partial charge < -0.3 is 19.7 Å². The van der Waals surface area contributed by atoms with Gasteiger partial charge in [0.05, 0.1) is 23.3 Å². The normalized spacial score (nSPS) is 12.4. The Hall–Kier alpha value is -1.56. The zero-order chi connectivity index (χ0) is 19.9. The Balaban J connectivity index is 2.26. The molecule has 0 bridgehead atoms. The third kappa shape index (κ3) is 5.96. The lowest BCUT2D eigenvalue weighted by atomic mass is 10.2. The van der Waals surface area contributed by atoms with E-state index >= 15 is 0 Å². The minimum absolute atomic E-state index is 0.177. The predicted octanol–water partition coefficient (Wildman–Crippen LogP) is 6.08. The van der Waals surface area contributed by atoms with Crippen LogP contribution in [0.3, 0.4) is 0 Å². The second-order valence-electron chi connectivity index (χ2n) is 5.42. The van der Waals surface area contributed by atoms with Gasteiger partial charge in [0.1, 0.15) is 0 Å². The molecule has 0 unspecified atom stereocenters. The molecule has 0 aromatic heterocycles. The van der Waals surface area contributed by atoms with E-state index < -0.39 is 19.4 Å². The molecular formula is C18H21Cl2N2O4P. The van der Waals surface area contributed by atoms with Crippen molar-refractivity contribution in [2.45, 2.75) is 19.6 Å². The SMILES string of the molecule is CCOP(=O)(OCC)[C@H](NC(=O)Nc1ccc(Cl)c(Cl)c1)c1ccccc1. The van der Waals surface area contributed by atoms with Crippen molar-refractivity contribution in [1.82, 2.24) is 5.32 Å². The van der Waals surface area contributed by atoms with Gasteiger partial charge in [-0.15, -0.1) is 0 Å². The molecule has 0 aliphatic heterocycles. The summed E-state index contributed by atoms with van der Waals surface area (Å²) in [4.78, 5) is 12.5. The van der Waals surface area contributed by atoms with Crippen molar-refractivity contribution in [1.29, 1.82) is 0 Å². The largest absolute Gasteiger partial charge is 0.357 e. The lowest BCUT2D eigenvalue weighted by molar-refractivity contribution is 0.205. The zero-order valence-electron chi connectivity index (χ0n) is 14.9. The quantitative estimate of drug-likeness (QED) is 0.497. The van der Waals surface area contributed by atoms with Gasteiger partial charge in [0.2, 0.25) is 0 Å². The van der Waals surface area contributed by atoms with Gasteiger partial charge in [-0.1, -0.05) is 53.5 Å². The van der Waals surface area contributed by atoms with Gasteiger partial charge in [-0.25, -0.2) is 4.79 Å². The van der Waals surface area contributed by atoms with Crippen molar-refractivity contribution >= 4 is 42.5 Å². The molecule has 2 aromatic carbocycles. The second kappa shape index (κ2) is 10.1. The van der Waals surface area contributed by atoms with Crippen LogP contribution in [0.15, 0.2) is 48.5 Å². The van der Waals surface area contributed by atoms with E-state index in [4.69, 9.17) is 32.2 Å². The Morgan fingerprint density at radius 2 is 1.67 bits per heavy atom. The number of amides is 2. The van der Waals surface area contributed by atoms with Gasteiger partial charge in [-0.05, 0) is 37.6 Å². The summed E-state index contributed by atoms with van der Waals surface area (Å²) in [6.07, 6.45) is 0. The first-order valence-electron chi connectivity index (χ1n) is 8.36.